The van der Waals surface area contributed by atoms with E-state index in [9.17, 15) is 0 Å². The van der Waals surface area contributed by atoms with E-state index in [0.29, 0.717) is 11.7 Å². The lowest BCUT2D eigenvalue weighted by Gasteiger charge is -2.19. The summed E-state index contributed by atoms with van der Waals surface area (Å²) < 4.78 is 0. The minimum absolute atomic E-state index is 0.583. The van der Waals surface area contributed by atoms with E-state index in [1.807, 2.05) is 54.8 Å². The molecule has 0 unspecified atom stereocenters. The van der Waals surface area contributed by atoms with Gasteiger partial charge in [-0.3, -0.25) is 0 Å². The standard InChI is InChI=1S/C18H19N3S/c1-3-15-9-11-17(12-10-15)14-21(18(22)19-2)20-13-16-7-5-4-6-8-16/h3-13H,1,14H2,2H3,(H,19,22). The van der Waals surface area contributed by atoms with Crippen molar-refractivity contribution < 1.29 is 0 Å². The topological polar surface area (TPSA) is 27.6 Å². The van der Waals surface area contributed by atoms with Crippen LogP contribution in [0.15, 0.2) is 66.3 Å². The van der Waals surface area contributed by atoms with Crippen LogP contribution < -0.4 is 5.32 Å². The first-order valence-corrected chi connectivity index (χ1v) is 7.43. The number of nitrogens with one attached hydrogen (secondary N) is 1. The SMILES string of the molecule is C=Cc1ccc(CN(N=Cc2ccccc2)C(=S)NC)cc1. The number of hydrogen-bond donors (Lipinski definition) is 1. The molecular weight excluding hydrogens is 290 g/mol. The maximum absolute atomic E-state index is 5.32. The second kappa shape index (κ2) is 8.10. The Kier molecular flexibility index (Phi) is 5.86. The summed E-state index contributed by atoms with van der Waals surface area (Å²) in [7, 11) is 1.80. The number of benzene rings is 2. The van der Waals surface area contributed by atoms with Crippen LogP contribution in [0, 0.1) is 0 Å². The molecule has 22 heavy (non-hydrogen) atoms. The molecule has 0 atom stereocenters. The van der Waals surface area contributed by atoms with E-state index < -0.39 is 0 Å². The van der Waals surface area contributed by atoms with Crippen LogP contribution in [0.2, 0.25) is 0 Å². The Balaban J connectivity index is 2.13. The van der Waals surface area contributed by atoms with Gasteiger partial charge in [-0.15, -0.1) is 0 Å². The highest BCUT2D eigenvalue weighted by Gasteiger charge is 2.07. The monoisotopic (exact) mass is 309 g/mol. The van der Waals surface area contributed by atoms with E-state index >= 15 is 0 Å². The third-order valence-electron chi connectivity index (χ3n) is 3.14. The summed E-state index contributed by atoms with van der Waals surface area (Å²) in [5.41, 5.74) is 3.26. The molecule has 2 aromatic carbocycles. The van der Waals surface area contributed by atoms with E-state index in [2.05, 4.69) is 29.1 Å². The van der Waals surface area contributed by atoms with Gasteiger partial charge in [-0.1, -0.05) is 67.3 Å². The highest BCUT2D eigenvalue weighted by molar-refractivity contribution is 7.80. The molecule has 0 fully saturated rings. The molecule has 0 aliphatic heterocycles. The molecule has 0 aliphatic carbocycles. The predicted molar refractivity (Wildman–Crippen MR) is 97.8 cm³/mol. The van der Waals surface area contributed by atoms with Gasteiger partial charge in [0.25, 0.3) is 0 Å². The van der Waals surface area contributed by atoms with Crippen LogP contribution in [0.1, 0.15) is 16.7 Å². The Bertz CT molecular complexity index is 648. The first kappa shape index (κ1) is 15.9. The molecule has 2 rings (SSSR count). The molecule has 2 aromatic rings. The summed E-state index contributed by atoms with van der Waals surface area (Å²) in [6.45, 7) is 4.37. The highest BCUT2D eigenvalue weighted by atomic mass is 32.1. The lowest BCUT2D eigenvalue weighted by atomic mass is 10.1. The second-order valence-corrected chi connectivity index (χ2v) is 5.10. The third kappa shape index (κ3) is 4.53. The highest BCUT2D eigenvalue weighted by Crippen LogP contribution is 2.09. The molecule has 4 heteroatoms. The molecular formula is C18H19N3S. The number of nitrogens with zero attached hydrogens (tertiary/aromatic N) is 2. The van der Waals surface area contributed by atoms with Gasteiger partial charge in [-0.05, 0) is 28.9 Å². The summed E-state index contributed by atoms with van der Waals surface area (Å²) in [5, 5.41) is 9.81. The Morgan fingerprint density at radius 3 is 2.41 bits per heavy atom. The van der Waals surface area contributed by atoms with Gasteiger partial charge in [-0.25, -0.2) is 5.01 Å². The van der Waals surface area contributed by atoms with Crippen molar-refractivity contribution in [2.45, 2.75) is 6.54 Å². The molecule has 0 radical (unpaired) electrons. The largest absolute Gasteiger partial charge is 0.364 e. The van der Waals surface area contributed by atoms with Crippen molar-refractivity contribution >= 4 is 29.6 Å². The summed E-state index contributed by atoms with van der Waals surface area (Å²) in [5.74, 6) is 0. The number of rotatable bonds is 5. The lowest BCUT2D eigenvalue weighted by Crippen LogP contribution is -2.33. The van der Waals surface area contributed by atoms with Gasteiger partial charge in [0.2, 0.25) is 0 Å². The Morgan fingerprint density at radius 1 is 1.14 bits per heavy atom. The van der Waals surface area contributed by atoms with Crippen LogP contribution >= 0.6 is 12.2 Å². The Hall–Kier alpha value is -2.46. The molecule has 0 saturated carbocycles. The average Bonchev–Trinajstić information content (AvgIpc) is 2.59. The number of hydrazone groups is 1. The maximum atomic E-state index is 5.32. The molecule has 0 heterocycles. The van der Waals surface area contributed by atoms with E-state index in [1.54, 1.807) is 12.1 Å². The predicted octanol–water partition coefficient (Wildman–Crippen LogP) is 3.67. The van der Waals surface area contributed by atoms with Crippen LogP contribution in [0.25, 0.3) is 6.08 Å². The second-order valence-electron chi connectivity index (χ2n) is 4.71. The normalized spacial score (nSPS) is 10.4. The first-order chi connectivity index (χ1) is 10.7. The van der Waals surface area contributed by atoms with Gasteiger partial charge in [0.05, 0.1) is 12.8 Å². The van der Waals surface area contributed by atoms with Crippen LogP contribution in [0.3, 0.4) is 0 Å². The van der Waals surface area contributed by atoms with Gasteiger partial charge in [0, 0.05) is 7.05 Å². The molecule has 1 N–H and O–H groups in total. The fraction of sp³-hybridized carbons (Fsp3) is 0.111. The van der Waals surface area contributed by atoms with E-state index in [0.717, 1.165) is 16.7 Å². The summed E-state index contributed by atoms with van der Waals surface area (Å²) >= 11 is 5.32. The van der Waals surface area contributed by atoms with Crippen molar-refractivity contribution in [2.24, 2.45) is 5.10 Å². The zero-order valence-electron chi connectivity index (χ0n) is 12.6. The molecule has 0 saturated heterocycles. The minimum Gasteiger partial charge on any atom is -0.364 e. The van der Waals surface area contributed by atoms with Crippen molar-refractivity contribution in [1.29, 1.82) is 0 Å². The molecule has 112 valence electrons. The van der Waals surface area contributed by atoms with E-state index in [-0.39, 0.29) is 0 Å². The summed E-state index contributed by atoms with van der Waals surface area (Å²) in [6.07, 6.45) is 3.63. The first-order valence-electron chi connectivity index (χ1n) is 7.02. The average molecular weight is 309 g/mol. The van der Waals surface area contributed by atoms with Crippen LogP contribution in [0.4, 0.5) is 0 Å². The van der Waals surface area contributed by atoms with Gasteiger partial charge in [0.1, 0.15) is 0 Å². The van der Waals surface area contributed by atoms with E-state index in [4.69, 9.17) is 12.2 Å². The fourth-order valence-corrected chi connectivity index (χ4v) is 2.01. The Labute approximate surface area is 137 Å². The zero-order valence-corrected chi connectivity index (χ0v) is 13.4. The van der Waals surface area contributed by atoms with Crippen molar-refractivity contribution in [3.05, 3.63) is 77.9 Å². The van der Waals surface area contributed by atoms with Gasteiger partial charge < -0.3 is 5.32 Å². The van der Waals surface area contributed by atoms with Gasteiger partial charge >= 0.3 is 0 Å². The minimum atomic E-state index is 0.583. The number of thiocarbonyl (C=S) groups is 1. The zero-order chi connectivity index (χ0) is 15.8. The Morgan fingerprint density at radius 2 is 1.82 bits per heavy atom. The van der Waals surface area contributed by atoms with Crippen LogP contribution in [-0.4, -0.2) is 23.4 Å². The smallest absolute Gasteiger partial charge is 0.189 e. The lowest BCUT2D eigenvalue weighted by molar-refractivity contribution is 0.437. The summed E-state index contributed by atoms with van der Waals surface area (Å²) in [4.78, 5) is 0. The quantitative estimate of drug-likeness (QED) is 0.519. The van der Waals surface area contributed by atoms with Crippen molar-refractivity contribution in [2.75, 3.05) is 7.05 Å². The molecule has 0 aliphatic rings. The molecule has 0 amide bonds. The number of hydrogen-bond acceptors (Lipinski definition) is 2. The molecule has 0 aromatic heterocycles. The molecule has 3 nitrogen and oxygen atoms in total. The molecule has 0 spiro atoms. The van der Waals surface area contributed by atoms with E-state index in [1.165, 1.54) is 0 Å². The van der Waals surface area contributed by atoms with Gasteiger partial charge in [0.15, 0.2) is 5.11 Å². The van der Waals surface area contributed by atoms with Crippen LogP contribution in [0.5, 0.6) is 0 Å². The summed E-state index contributed by atoms with van der Waals surface area (Å²) in [6, 6.07) is 18.1. The van der Waals surface area contributed by atoms with Gasteiger partial charge in [-0.2, -0.15) is 5.10 Å². The third-order valence-corrected chi connectivity index (χ3v) is 3.56. The van der Waals surface area contributed by atoms with Crippen molar-refractivity contribution in [3.63, 3.8) is 0 Å². The van der Waals surface area contributed by atoms with Crippen LogP contribution in [-0.2, 0) is 6.54 Å². The van der Waals surface area contributed by atoms with Crippen molar-refractivity contribution in [1.82, 2.24) is 10.3 Å². The fourth-order valence-electron chi connectivity index (χ4n) is 1.90. The molecule has 0 bridgehead atoms. The maximum Gasteiger partial charge on any atom is 0.189 e. The van der Waals surface area contributed by atoms with Crippen molar-refractivity contribution in [3.8, 4) is 0 Å².